The fraction of sp³-hybridized carbons (Fsp3) is 0.800. The van der Waals surface area contributed by atoms with Gasteiger partial charge < -0.3 is 24.8 Å². The fourth-order valence-corrected chi connectivity index (χ4v) is 16.6. The van der Waals surface area contributed by atoms with Crippen molar-refractivity contribution >= 4 is 53.7 Å². The molecule has 6 atom stereocenters. The van der Waals surface area contributed by atoms with Crippen LogP contribution < -0.4 is 0 Å². The number of halogens is 4. The summed E-state index contributed by atoms with van der Waals surface area (Å²) in [6.45, 7) is 29.5. The van der Waals surface area contributed by atoms with E-state index < -0.39 is 50.5 Å². The third kappa shape index (κ3) is 11.3. The molecule has 0 spiro atoms. The van der Waals surface area contributed by atoms with Gasteiger partial charge in [0.2, 0.25) is 0 Å². The van der Waals surface area contributed by atoms with Gasteiger partial charge in [-0.2, -0.15) is 0 Å². The van der Waals surface area contributed by atoms with Gasteiger partial charge in [-0.05, 0) is 62.4 Å². The number of nitrogens with zero attached hydrogens (tertiary/aromatic N) is 2. The van der Waals surface area contributed by atoms with Crippen molar-refractivity contribution in [2.24, 2.45) is 23.7 Å². The molecule has 2 nitrogen and oxygen atoms in total. The zero-order valence-electron chi connectivity index (χ0n) is 27.9. The predicted octanol–water partition coefficient (Wildman–Crippen LogP) is 13.1. The Bertz CT molecular complexity index is 752. The molecule has 0 aromatic heterocycles. The van der Waals surface area contributed by atoms with Gasteiger partial charge >= 0.3 is 71.3 Å². The third-order valence-electron chi connectivity index (χ3n) is 10.4. The Morgan fingerprint density at radius 1 is 0.550 bits per heavy atom. The molecule has 0 radical (unpaired) electrons. The second-order valence-electron chi connectivity index (χ2n) is 13.2. The van der Waals surface area contributed by atoms with Crippen molar-refractivity contribution in [3.63, 3.8) is 0 Å². The molecule has 0 aromatic rings. The van der Waals surface area contributed by atoms with E-state index in [2.05, 4.69) is 81.6 Å². The van der Waals surface area contributed by atoms with Crippen LogP contribution in [0.2, 0.25) is 37.3 Å². The van der Waals surface area contributed by atoms with Crippen molar-refractivity contribution in [1.29, 1.82) is 0 Å². The molecule has 0 N–H and O–H groups in total. The van der Waals surface area contributed by atoms with Crippen molar-refractivity contribution < 1.29 is 34.1 Å². The molecule has 236 valence electrons. The predicted molar refractivity (Wildman–Crippen MR) is 185 cm³/mol. The Morgan fingerprint density at radius 3 is 0.950 bits per heavy atom. The van der Waals surface area contributed by atoms with Crippen LogP contribution in [0, 0.1) is 38.5 Å². The van der Waals surface area contributed by atoms with Gasteiger partial charge in [-0.15, -0.1) is 12.1 Å². The summed E-state index contributed by atoms with van der Waals surface area (Å²) in [5.74, 6) is 2.97. The van der Waals surface area contributed by atoms with Gasteiger partial charge in [-0.25, -0.2) is 0 Å². The summed E-state index contributed by atoms with van der Waals surface area (Å²) < 4.78 is 0. The second-order valence-corrected chi connectivity index (χ2v) is 26.7. The molecule has 0 unspecified atom stereocenters. The summed E-state index contributed by atoms with van der Waals surface area (Å²) in [5, 5.41) is 0. The van der Waals surface area contributed by atoms with E-state index in [-0.39, 0.29) is 14.9 Å². The van der Waals surface area contributed by atoms with E-state index in [0.717, 1.165) is 34.8 Å². The first-order chi connectivity index (χ1) is 17.5. The second kappa shape index (κ2) is 19.8. The molecule has 3 aliphatic carbocycles. The monoisotopic (exact) mass is 738 g/mol. The summed E-state index contributed by atoms with van der Waals surface area (Å²) in [6.07, 6.45) is 5.05. The molecule has 0 aliphatic heterocycles. The number of allylic oxidation sites excluding steroid dienone is 4. The van der Waals surface area contributed by atoms with E-state index in [1.165, 1.54) is 25.7 Å². The minimum absolute atomic E-state index is 0. The molecule has 0 heterocycles. The van der Waals surface area contributed by atoms with Gasteiger partial charge in [0.15, 0.2) is 0 Å². The quantitative estimate of drug-likeness (QED) is 0.147. The average molecular weight is 741 g/mol. The topological polar surface area (TPSA) is 28.2 Å². The Morgan fingerprint density at radius 2 is 0.775 bits per heavy atom. The van der Waals surface area contributed by atoms with Crippen molar-refractivity contribution in [2.45, 2.75) is 130 Å². The summed E-state index contributed by atoms with van der Waals surface area (Å²) in [5.41, 5.74) is 8.08. The molecule has 0 bridgehead atoms. The maximum atomic E-state index is 5.64. The number of hydrogen-bond donors (Lipinski definition) is 0. The van der Waals surface area contributed by atoms with E-state index in [1.54, 1.807) is 22.3 Å². The van der Waals surface area contributed by atoms with E-state index >= 15 is 0 Å². The Labute approximate surface area is 286 Å². The molecular formula is C30H58Cl4N2Si2Ti2-4. The average Bonchev–Trinajstić information content (AvgIpc) is 3.14. The van der Waals surface area contributed by atoms with Gasteiger partial charge in [0.25, 0.3) is 0 Å². The van der Waals surface area contributed by atoms with Crippen molar-refractivity contribution in [2.75, 3.05) is 0 Å². The van der Waals surface area contributed by atoms with Crippen LogP contribution in [0.25, 0.3) is 9.96 Å². The fourth-order valence-electron chi connectivity index (χ4n) is 8.13. The first-order valence-electron chi connectivity index (χ1n) is 14.2. The normalized spacial score (nSPS) is 32.2. The van der Waals surface area contributed by atoms with Gasteiger partial charge in [-0.1, -0.05) is 118 Å². The van der Waals surface area contributed by atoms with E-state index in [1.807, 2.05) is 0 Å². The first-order valence-corrected chi connectivity index (χ1v) is 28.9. The first kappa shape index (κ1) is 44.5. The summed E-state index contributed by atoms with van der Waals surface area (Å²) >= 11 is -1.11. The molecule has 0 amide bonds. The van der Waals surface area contributed by atoms with Crippen LogP contribution in [-0.4, -0.2) is 28.6 Å². The molecule has 3 rings (SSSR count). The SMILES string of the molecule is CC1=C(C)[C@H]([Si](C)(C)[N-]C2CCC([N-][Si](C)(C)[C@H]3C(C)=C(C)[C@H](C)[C@H]3C)CC2)[C@H](C)[C@H]1C.[CH3-].[CH3-].[Cl][Ti][Cl].[Cl][Ti][Cl]. The third-order valence-corrected chi connectivity index (χ3v) is 17.4. The van der Waals surface area contributed by atoms with Crippen LogP contribution in [-0.2, 0) is 34.1 Å². The van der Waals surface area contributed by atoms with Gasteiger partial charge in [0, 0.05) is 0 Å². The van der Waals surface area contributed by atoms with Crippen LogP contribution in [0.4, 0.5) is 0 Å². The van der Waals surface area contributed by atoms with Crippen LogP contribution in [0.15, 0.2) is 22.3 Å². The number of rotatable bonds is 6. The van der Waals surface area contributed by atoms with Crippen LogP contribution in [0.5, 0.6) is 0 Å². The van der Waals surface area contributed by atoms with Gasteiger partial charge in [0.05, 0.1) is 0 Å². The molecule has 10 heteroatoms. The van der Waals surface area contributed by atoms with Gasteiger partial charge in [0.1, 0.15) is 0 Å². The molecule has 40 heavy (non-hydrogen) atoms. The summed E-state index contributed by atoms with van der Waals surface area (Å²) in [6, 6.07) is 1.16. The van der Waals surface area contributed by atoms with Crippen molar-refractivity contribution in [3.8, 4) is 0 Å². The van der Waals surface area contributed by atoms with Crippen LogP contribution in [0.3, 0.4) is 0 Å². The standard InChI is InChI=1S/C28H52N2Si2.2CH3.4ClH.2Ti/c1-17-18(2)22(6)27(21(17)5)31(9,10)29-25-13-15-26(16-14-25)30-32(11,12)28-23(7)19(3)20(4)24(28)8;;;;;;;;/h17,19,21,23,25-28H,13-16H2,1-12H3;2*1H3;4*1H;;/q-2;2*-1;;;;;2*+2/p-4/t17-,19-,21+,23+,25?,26?,27+,28+;;;;;;;;/m0......../s1. The maximum absolute atomic E-state index is 5.64. The van der Waals surface area contributed by atoms with Gasteiger partial charge in [-0.3, -0.25) is 0 Å². The van der Waals surface area contributed by atoms with Crippen LogP contribution in [0.1, 0.15) is 81.1 Å². The Balaban J connectivity index is 0. The zero-order chi connectivity index (χ0) is 29.6. The molecule has 0 aromatic carbocycles. The van der Waals surface area contributed by atoms with Crippen molar-refractivity contribution in [1.82, 2.24) is 0 Å². The minimum atomic E-state index is -1.65. The van der Waals surface area contributed by atoms with Crippen molar-refractivity contribution in [3.05, 3.63) is 47.1 Å². The molecule has 1 saturated carbocycles. The number of hydrogen-bond acceptors (Lipinski definition) is 0. The van der Waals surface area contributed by atoms with E-state index in [0.29, 0.717) is 12.1 Å². The molecule has 1 fully saturated rings. The zero-order valence-corrected chi connectivity index (χ0v) is 36.0. The Hall–Kier alpha value is 2.42. The summed E-state index contributed by atoms with van der Waals surface area (Å²) in [7, 11) is 16.3. The van der Waals surface area contributed by atoms with E-state index in [9.17, 15) is 0 Å². The summed E-state index contributed by atoms with van der Waals surface area (Å²) in [4.78, 5) is 11.3. The van der Waals surface area contributed by atoms with E-state index in [4.69, 9.17) is 47.2 Å². The Kier molecular flexibility index (Phi) is 22.1. The molecule has 3 aliphatic rings. The van der Waals surface area contributed by atoms with Crippen LogP contribution >= 0.6 is 37.2 Å². The molecule has 0 saturated heterocycles. The molecular weight excluding hydrogens is 682 g/mol.